The summed E-state index contributed by atoms with van der Waals surface area (Å²) in [5.41, 5.74) is 1.52. The Kier molecular flexibility index (Phi) is 30.0. The fourth-order valence-corrected chi connectivity index (χ4v) is 4.47. The van der Waals surface area contributed by atoms with Crippen LogP contribution in [0.25, 0.3) is 11.4 Å². The van der Waals surface area contributed by atoms with Crippen molar-refractivity contribution in [1.82, 2.24) is 20.1 Å². The summed E-state index contributed by atoms with van der Waals surface area (Å²) < 4.78 is 25.9. The van der Waals surface area contributed by atoms with Crippen molar-refractivity contribution in [3.8, 4) is 11.4 Å². The Morgan fingerprint density at radius 3 is 2.00 bits per heavy atom. The van der Waals surface area contributed by atoms with E-state index in [-0.39, 0.29) is 12.5 Å². The van der Waals surface area contributed by atoms with Gasteiger partial charge in [-0.25, -0.2) is 0 Å². The van der Waals surface area contributed by atoms with Crippen molar-refractivity contribution < 1.29 is 62.3 Å². The number of carbonyl (C=O) groups excluding carboxylic acids is 1. The molecule has 5 N–H and O–H groups in total. The molecule has 0 fully saturated rings. The van der Waals surface area contributed by atoms with E-state index in [0.717, 1.165) is 11.4 Å². The second-order valence-corrected chi connectivity index (χ2v) is 9.81. The normalized spacial score (nSPS) is 9.58. The van der Waals surface area contributed by atoms with Crippen molar-refractivity contribution in [2.75, 3.05) is 27.9 Å². The number of nitrogens with zero attached hydrogens (tertiary/aromatic N) is 3. The predicted molar refractivity (Wildman–Crippen MR) is 131 cm³/mol. The molecule has 208 valence electrons. The van der Waals surface area contributed by atoms with Crippen LogP contribution in [-0.4, -0.2) is 78.4 Å². The topological polar surface area (TPSA) is 185 Å². The summed E-state index contributed by atoms with van der Waals surface area (Å²) >= 11 is 0.700. The van der Waals surface area contributed by atoms with Gasteiger partial charge in [0.1, 0.15) is 12.2 Å². The van der Waals surface area contributed by atoms with Crippen molar-refractivity contribution in [2.45, 2.75) is 52.1 Å². The van der Waals surface area contributed by atoms with Gasteiger partial charge in [-0.2, -0.15) is 5.10 Å². The van der Waals surface area contributed by atoms with Gasteiger partial charge >= 0.3 is 32.0 Å². The zero-order valence-electron chi connectivity index (χ0n) is 21.5. The van der Waals surface area contributed by atoms with Gasteiger partial charge in [-0.1, -0.05) is 39.2 Å². The third-order valence-corrected chi connectivity index (χ3v) is 7.33. The average Bonchev–Trinajstić information content (AvgIpc) is 3.42. The molecule has 0 unspecified atom stereocenters. The molecule has 2 aromatic heterocycles. The van der Waals surface area contributed by atoms with Gasteiger partial charge in [0.2, 0.25) is 5.91 Å². The zero-order valence-corrected chi connectivity index (χ0v) is 24.5. The van der Waals surface area contributed by atoms with Crippen LogP contribution in [0.3, 0.4) is 0 Å². The fourth-order valence-electron chi connectivity index (χ4n) is 2.75. The van der Waals surface area contributed by atoms with Crippen LogP contribution in [0.2, 0.25) is 6.04 Å². The molecule has 2 rings (SSSR count). The van der Waals surface area contributed by atoms with E-state index >= 15 is 0 Å². The second kappa shape index (κ2) is 27.8. The van der Waals surface area contributed by atoms with E-state index in [1.54, 1.807) is 38.4 Å². The summed E-state index contributed by atoms with van der Waals surface area (Å²) in [7, 11) is 2.16. The Bertz CT molecular complexity index is 731. The molecule has 2 aromatic rings. The molecule has 13 nitrogen and oxygen atoms in total. The van der Waals surface area contributed by atoms with Gasteiger partial charge in [-0.15, -0.1) is 0 Å². The molecule has 0 spiro atoms. The number of aromatic nitrogens is 3. The quantitative estimate of drug-likeness (QED) is 0.102. The molecular formula is C21H40MoN4O9Si. The van der Waals surface area contributed by atoms with E-state index in [9.17, 15) is 4.79 Å². The predicted octanol–water partition coefficient (Wildman–Crippen LogP) is 3.44. The maximum absolute atomic E-state index is 12.0. The summed E-state index contributed by atoms with van der Waals surface area (Å²) in [4.78, 5) is 16.3. The molecule has 0 bridgehead atoms. The summed E-state index contributed by atoms with van der Waals surface area (Å²) in [6.07, 6.45) is 8.27. The molecule has 0 aliphatic rings. The van der Waals surface area contributed by atoms with Gasteiger partial charge in [0.05, 0.1) is 5.69 Å². The third kappa shape index (κ3) is 17.6. The number of carbonyl (C=O) groups is 1. The molecule has 0 aliphatic carbocycles. The molecule has 0 saturated heterocycles. The molecule has 2 heterocycles. The molecule has 0 aromatic carbocycles. The first-order chi connectivity index (χ1) is 17.5. The van der Waals surface area contributed by atoms with Gasteiger partial charge in [-0.3, -0.25) is 35.5 Å². The average molecular weight is 617 g/mol. The van der Waals surface area contributed by atoms with E-state index in [1.807, 2.05) is 24.3 Å². The number of hydrogen-bond donors (Lipinski definition) is 5. The van der Waals surface area contributed by atoms with Crippen LogP contribution < -0.4 is 5.32 Å². The Morgan fingerprint density at radius 2 is 1.56 bits per heavy atom. The number of rotatable bonds is 12. The SMILES string of the molecule is CCCCC.CO[Si](CCCNC(=O)Cn1ccc(-c2ccccn2)n1)(OC)OC.OO.OO.[O]=[Mo]. The Labute approximate surface area is 224 Å². The van der Waals surface area contributed by atoms with Crippen LogP contribution in [0.1, 0.15) is 39.5 Å². The fraction of sp³-hybridized carbons (Fsp3) is 0.571. The molecule has 15 heteroatoms. The minimum absolute atomic E-state index is 0.102. The van der Waals surface area contributed by atoms with E-state index < -0.39 is 8.80 Å². The van der Waals surface area contributed by atoms with E-state index in [1.165, 1.54) is 19.3 Å². The number of amides is 1. The van der Waals surface area contributed by atoms with Gasteiger partial charge in [0.15, 0.2) is 0 Å². The first-order valence-electron chi connectivity index (χ1n) is 11.0. The summed E-state index contributed by atoms with van der Waals surface area (Å²) in [6.45, 7) is 5.11. The first kappa shape index (κ1) is 38.8. The van der Waals surface area contributed by atoms with Crippen LogP contribution >= 0.6 is 0 Å². The van der Waals surface area contributed by atoms with Crippen molar-refractivity contribution in [1.29, 1.82) is 0 Å². The van der Waals surface area contributed by atoms with E-state index in [0.29, 0.717) is 38.8 Å². The third-order valence-electron chi connectivity index (χ3n) is 4.50. The van der Waals surface area contributed by atoms with Crippen molar-refractivity contribution in [2.24, 2.45) is 0 Å². The van der Waals surface area contributed by atoms with Gasteiger partial charge in [0, 0.05) is 46.3 Å². The first-order valence-corrected chi connectivity index (χ1v) is 13.7. The number of hydrogen-bond acceptors (Lipinski definition) is 11. The van der Waals surface area contributed by atoms with Crippen LogP contribution in [0.4, 0.5) is 0 Å². The zero-order chi connectivity index (χ0) is 28.2. The molecular weight excluding hydrogens is 576 g/mol. The van der Waals surface area contributed by atoms with Crippen LogP contribution in [-0.2, 0) is 47.8 Å². The standard InChI is InChI=1S/C16H24N4O4Si.C5H12.Mo.2H2O2.O/c1-22-25(23-2,24-3)12-6-10-18-16(21)13-20-11-8-15(19-20)14-7-4-5-9-17-14;1-3-5-4-2;;2*1-2;/h4-5,7-9,11H,6,10,12-13H2,1-3H3,(H,18,21);3-5H2,1-2H3;;2*1-2H;. The van der Waals surface area contributed by atoms with Gasteiger partial charge < -0.3 is 18.6 Å². The second-order valence-electron chi connectivity index (χ2n) is 6.72. The molecule has 1 amide bonds. The molecule has 36 heavy (non-hydrogen) atoms. The molecule has 0 atom stereocenters. The maximum atomic E-state index is 12.0. The van der Waals surface area contributed by atoms with Crippen LogP contribution in [0, 0.1) is 0 Å². The summed E-state index contributed by atoms with van der Waals surface area (Å²) in [5.74, 6) is -0.102. The van der Waals surface area contributed by atoms with Crippen molar-refractivity contribution >= 4 is 14.7 Å². The molecule has 0 radical (unpaired) electrons. The number of pyridine rings is 1. The Balaban J connectivity index is -0.000000852. The van der Waals surface area contributed by atoms with Crippen molar-refractivity contribution in [3.05, 3.63) is 36.7 Å². The van der Waals surface area contributed by atoms with E-state index in [2.05, 4.69) is 29.2 Å². The van der Waals surface area contributed by atoms with Crippen molar-refractivity contribution in [3.63, 3.8) is 0 Å². The van der Waals surface area contributed by atoms with Crippen LogP contribution in [0.15, 0.2) is 36.7 Å². The summed E-state index contributed by atoms with van der Waals surface area (Å²) in [5, 5.41) is 31.2. The van der Waals surface area contributed by atoms with E-state index in [4.69, 9.17) is 37.7 Å². The van der Waals surface area contributed by atoms with Crippen LogP contribution in [0.5, 0.6) is 0 Å². The van der Waals surface area contributed by atoms with Gasteiger partial charge in [0.25, 0.3) is 0 Å². The number of nitrogens with one attached hydrogen (secondary N) is 1. The molecule has 0 saturated carbocycles. The number of unbranched alkanes of at least 4 members (excludes halogenated alkanes) is 2. The monoisotopic (exact) mass is 618 g/mol. The van der Waals surface area contributed by atoms with Gasteiger partial charge in [-0.05, 0) is 24.6 Å². The Morgan fingerprint density at radius 1 is 0.972 bits per heavy atom. The minimum atomic E-state index is -2.57. The Hall–Kier alpha value is -1.74. The summed E-state index contributed by atoms with van der Waals surface area (Å²) in [6, 6.07) is 8.11. The molecule has 0 aliphatic heterocycles.